The second kappa shape index (κ2) is 4.94. The van der Waals surface area contributed by atoms with Gasteiger partial charge in [0.2, 0.25) is 0 Å². The highest BCUT2D eigenvalue weighted by Crippen LogP contribution is 2.64. The van der Waals surface area contributed by atoms with Gasteiger partial charge >= 0.3 is 0 Å². The minimum Gasteiger partial charge on any atom is -0.496 e. The highest BCUT2D eigenvalue weighted by Gasteiger charge is 2.56. The van der Waals surface area contributed by atoms with Crippen molar-refractivity contribution in [3.8, 4) is 5.75 Å². The van der Waals surface area contributed by atoms with E-state index in [0.29, 0.717) is 28.4 Å². The second-order valence-corrected chi connectivity index (χ2v) is 8.19. The maximum atomic E-state index is 13.5. The third-order valence-corrected chi connectivity index (χ3v) is 6.39. The van der Waals surface area contributed by atoms with Crippen LogP contribution in [-0.2, 0) is 0 Å². The largest absolute Gasteiger partial charge is 0.496 e. The number of fused-ring (bicyclic) bond motifs is 6. The van der Waals surface area contributed by atoms with E-state index < -0.39 is 0 Å². The van der Waals surface area contributed by atoms with Crippen molar-refractivity contribution in [1.29, 1.82) is 0 Å². The molecule has 5 rings (SSSR count). The predicted octanol–water partition coefficient (Wildman–Crippen LogP) is 4.67. The number of carbonyl (C=O) groups excluding carboxylic acids is 2. The summed E-state index contributed by atoms with van der Waals surface area (Å²) in [7, 11) is 1.54. The van der Waals surface area contributed by atoms with Crippen LogP contribution in [0.15, 0.2) is 48.0 Å². The zero-order valence-electron chi connectivity index (χ0n) is 15.1. The lowest BCUT2D eigenvalue weighted by Crippen LogP contribution is -2.48. The summed E-state index contributed by atoms with van der Waals surface area (Å²) in [6.07, 6.45) is 1.04. The lowest BCUT2D eigenvalue weighted by molar-refractivity contribution is 0.0573. The maximum Gasteiger partial charge on any atom is 0.198 e. The van der Waals surface area contributed by atoms with E-state index in [2.05, 4.69) is 19.9 Å². The van der Waals surface area contributed by atoms with E-state index in [1.54, 1.807) is 18.2 Å². The molecule has 3 aliphatic carbocycles. The van der Waals surface area contributed by atoms with Gasteiger partial charge in [-0.15, -0.1) is 0 Å². The molecule has 0 aliphatic heterocycles. The Morgan fingerprint density at radius 2 is 1.69 bits per heavy atom. The van der Waals surface area contributed by atoms with Crippen LogP contribution in [0.2, 0.25) is 0 Å². The Bertz CT molecular complexity index is 1030. The van der Waals surface area contributed by atoms with Crippen molar-refractivity contribution in [2.24, 2.45) is 11.3 Å². The van der Waals surface area contributed by atoms with Crippen LogP contribution < -0.4 is 4.74 Å². The Balaban J connectivity index is 1.84. The summed E-state index contributed by atoms with van der Waals surface area (Å²) in [6.45, 7) is 4.40. The van der Waals surface area contributed by atoms with Crippen LogP contribution >= 0.6 is 0 Å². The molecule has 26 heavy (non-hydrogen) atoms. The van der Waals surface area contributed by atoms with Gasteiger partial charge in [-0.3, -0.25) is 9.59 Å². The van der Waals surface area contributed by atoms with Crippen LogP contribution in [0.1, 0.15) is 58.0 Å². The van der Waals surface area contributed by atoms with Gasteiger partial charge in [-0.1, -0.05) is 50.2 Å². The van der Waals surface area contributed by atoms with Gasteiger partial charge in [-0.05, 0) is 34.9 Å². The van der Waals surface area contributed by atoms with Crippen LogP contribution in [0.25, 0.3) is 5.57 Å². The molecular formula is C23H20O3. The van der Waals surface area contributed by atoms with E-state index in [-0.39, 0.29) is 22.9 Å². The number of benzene rings is 2. The molecule has 0 amide bonds. The Morgan fingerprint density at radius 1 is 0.962 bits per heavy atom. The van der Waals surface area contributed by atoms with Gasteiger partial charge in [0.05, 0.1) is 12.7 Å². The van der Waals surface area contributed by atoms with Gasteiger partial charge in [0.25, 0.3) is 0 Å². The van der Waals surface area contributed by atoms with Crippen molar-refractivity contribution in [1.82, 2.24) is 0 Å². The third-order valence-electron chi connectivity index (χ3n) is 6.39. The molecule has 0 spiro atoms. The number of Topliss-reactive ketones (excluding diaryl/α,β-unsaturated/α-hetero) is 2. The fourth-order valence-corrected chi connectivity index (χ4v) is 5.32. The first kappa shape index (κ1) is 15.6. The minimum absolute atomic E-state index is 0.00854. The van der Waals surface area contributed by atoms with Crippen LogP contribution in [0.5, 0.6) is 5.75 Å². The fraction of sp³-hybridized carbons (Fsp3) is 0.304. The topological polar surface area (TPSA) is 43.4 Å². The molecule has 0 bridgehead atoms. The van der Waals surface area contributed by atoms with Crippen molar-refractivity contribution in [2.75, 3.05) is 7.11 Å². The number of ketones is 2. The van der Waals surface area contributed by atoms with Gasteiger partial charge in [0.1, 0.15) is 5.75 Å². The van der Waals surface area contributed by atoms with Crippen LogP contribution in [0.4, 0.5) is 0 Å². The molecule has 0 N–H and O–H groups in total. The Kier molecular flexibility index (Phi) is 2.96. The summed E-state index contributed by atoms with van der Waals surface area (Å²) >= 11 is 0. The van der Waals surface area contributed by atoms with Crippen molar-refractivity contribution < 1.29 is 14.3 Å². The van der Waals surface area contributed by atoms with Crippen LogP contribution in [0, 0.1) is 11.3 Å². The smallest absolute Gasteiger partial charge is 0.198 e. The van der Waals surface area contributed by atoms with E-state index in [9.17, 15) is 9.59 Å². The monoisotopic (exact) mass is 344 g/mol. The molecular weight excluding hydrogens is 324 g/mol. The van der Waals surface area contributed by atoms with Crippen LogP contribution in [-0.4, -0.2) is 18.7 Å². The van der Waals surface area contributed by atoms with Crippen molar-refractivity contribution in [3.63, 3.8) is 0 Å². The molecule has 0 heterocycles. The molecule has 3 nitrogen and oxygen atoms in total. The summed E-state index contributed by atoms with van der Waals surface area (Å²) in [5, 5.41) is 0. The summed E-state index contributed by atoms with van der Waals surface area (Å²) < 4.78 is 5.41. The molecule has 1 saturated carbocycles. The van der Waals surface area contributed by atoms with E-state index >= 15 is 0 Å². The summed E-state index contributed by atoms with van der Waals surface area (Å²) in [4.78, 5) is 27.0. The zero-order valence-corrected chi connectivity index (χ0v) is 15.1. The average Bonchev–Trinajstić information content (AvgIpc) is 2.64. The van der Waals surface area contributed by atoms with E-state index in [0.717, 1.165) is 17.6 Å². The van der Waals surface area contributed by atoms with Crippen LogP contribution in [0.3, 0.4) is 0 Å². The SMILES string of the molecule is COc1cccc2c1C(=O)C1=C(C2=O)[C@H]2[C@H](CC2(C)C)c2ccccc21. The van der Waals surface area contributed by atoms with Gasteiger partial charge in [0, 0.05) is 22.6 Å². The Labute approximate surface area is 152 Å². The Morgan fingerprint density at radius 3 is 2.42 bits per heavy atom. The number of allylic oxidation sites excluding steroid dienone is 2. The first-order valence-corrected chi connectivity index (χ1v) is 9.05. The quantitative estimate of drug-likeness (QED) is 0.755. The minimum atomic E-state index is -0.0827. The molecule has 3 heteroatoms. The highest BCUT2D eigenvalue weighted by molar-refractivity contribution is 6.42. The maximum absolute atomic E-state index is 13.5. The standard InChI is InChI=1S/C23H20O3/c1-23(2)11-15-12-7-4-5-8-13(12)18-19(20(15)23)21(24)14-9-6-10-16(26-3)17(14)22(18)25/h4-10,15,20H,11H2,1-3H3/t15-,20-/m1/s1. The molecule has 0 radical (unpaired) electrons. The molecule has 2 aromatic carbocycles. The highest BCUT2D eigenvalue weighted by atomic mass is 16.5. The molecule has 2 atom stereocenters. The average molecular weight is 344 g/mol. The van der Waals surface area contributed by atoms with E-state index in [4.69, 9.17) is 4.74 Å². The first-order chi connectivity index (χ1) is 12.5. The number of rotatable bonds is 1. The summed E-state index contributed by atoms with van der Waals surface area (Å²) in [5.41, 5.74) is 4.35. The molecule has 0 saturated heterocycles. The van der Waals surface area contributed by atoms with Gasteiger partial charge < -0.3 is 4.74 Å². The zero-order chi connectivity index (χ0) is 18.2. The van der Waals surface area contributed by atoms with Gasteiger partial charge in [-0.2, -0.15) is 0 Å². The summed E-state index contributed by atoms with van der Waals surface area (Å²) in [5.74, 6) is 0.804. The number of hydrogen-bond donors (Lipinski definition) is 0. The number of ether oxygens (including phenoxy) is 1. The lowest BCUT2D eigenvalue weighted by Gasteiger charge is -2.56. The van der Waals surface area contributed by atoms with Crippen molar-refractivity contribution in [2.45, 2.75) is 26.2 Å². The van der Waals surface area contributed by atoms with Gasteiger partial charge in [0.15, 0.2) is 11.6 Å². The first-order valence-electron chi connectivity index (χ1n) is 9.05. The lowest BCUT2D eigenvalue weighted by atomic mass is 9.47. The normalized spacial score (nSPS) is 24.9. The fourth-order valence-electron chi connectivity index (χ4n) is 5.32. The predicted molar refractivity (Wildman–Crippen MR) is 99.6 cm³/mol. The molecule has 1 fully saturated rings. The summed E-state index contributed by atoms with van der Waals surface area (Å²) in [6, 6.07) is 13.4. The van der Waals surface area contributed by atoms with E-state index in [1.165, 1.54) is 12.7 Å². The van der Waals surface area contributed by atoms with Crippen molar-refractivity contribution in [3.05, 3.63) is 70.3 Å². The third kappa shape index (κ3) is 1.73. The number of carbonyl (C=O) groups is 2. The molecule has 3 aliphatic rings. The number of hydrogen-bond acceptors (Lipinski definition) is 3. The van der Waals surface area contributed by atoms with Crippen molar-refractivity contribution >= 4 is 17.1 Å². The Hall–Kier alpha value is -2.68. The number of methoxy groups -OCH3 is 1. The second-order valence-electron chi connectivity index (χ2n) is 8.19. The molecule has 0 unspecified atom stereocenters. The molecule has 2 aromatic rings. The molecule has 0 aromatic heterocycles. The molecule has 130 valence electrons. The van der Waals surface area contributed by atoms with E-state index in [1.807, 2.05) is 18.2 Å². The van der Waals surface area contributed by atoms with Gasteiger partial charge in [-0.25, -0.2) is 0 Å².